The lowest BCUT2D eigenvalue weighted by Gasteiger charge is -2.13. The molecule has 170 valence electrons. The first-order valence-corrected chi connectivity index (χ1v) is 10.8. The number of unbranched alkanes of at least 4 members (excludes halogenated alkanes) is 2. The molecule has 0 saturated heterocycles. The molecule has 0 aliphatic rings. The first-order chi connectivity index (χ1) is 15.6. The zero-order valence-corrected chi connectivity index (χ0v) is 19.6. The summed E-state index contributed by atoms with van der Waals surface area (Å²) in [7, 11) is 4.68. The predicted octanol–water partition coefficient (Wildman–Crippen LogP) is 5.08. The van der Waals surface area contributed by atoms with E-state index in [4.69, 9.17) is 31.2 Å². The van der Waals surface area contributed by atoms with Gasteiger partial charge in [-0.1, -0.05) is 19.8 Å². The average molecular weight is 457 g/mol. The zero-order chi connectivity index (χ0) is 22.9. The van der Waals surface area contributed by atoms with E-state index in [1.54, 1.807) is 44.4 Å². The van der Waals surface area contributed by atoms with E-state index in [1.165, 1.54) is 12.8 Å². The van der Waals surface area contributed by atoms with E-state index < -0.39 is 0 Å². The van der Waals surface area contributed by atoms with E-state index in [1.807, 2.05) is 24.3 Å². The van der Waals surface area contributed by atoms with Crippen LogP contribution in [0.3, 0.4) is 0 Å². The highest BCUT2D eigenvalue weighted by Gasteiger charge is 2.17. The second kappa shape index (κ2) is 11.3. The number of methoxy groups -OCH3 is 3. The monoisotopic (exact) mass is 456 g/mol. The number of aromatic nitrogens is 3. The Hall–Kier alpha value is -3.33. The van der Waals surface area contributed by atoms with Gasteiger partial charge in [-0.25, -0.2) is 5.10 Å². The molecule has 0 bridgehead atoms. The molecule has 0 fully saturated rings. The molecule has 0 aliphatic heterocycles. The van der Waals surface area contributed by atoms with Crippen LogP contribution in [0.2, 0.25) is 0 Å². The number of hydrogen-bond donors (Lipinski definition) is 1. The Kier molecular flexibility index (Phi) is 8.27. The number of benzene rings is 2. The summed E-state index contributed by atoms with van der Waals surface area (Å²) in [4.78, 5) is 0. The summed E-state index contributed by atoms with van der Waals surface area (Å²) in [5.74, 6) is 2.89. The molecular weight excluding hydrogens is 428 g/mol. The van der Waals surface area contributed by atoms with Crippen LogP contribution in [0.25, 0.3) is 11.4 Å². The lowest BCUT2D eigenvalue weighted by molar-refractivity contribution is 0.306. The molecule has 2 aromatic carbocycles. The van der Waals surface area contributed by atoms with Crippen molar-refractivity contribution in [3.8, 4) is 34.4 Å². The molecule has 0 aliphatic carbocycles. The van der Waals surface area contributed by atoms with E-state index in [0.29, 0.717) is 33.4 Å². The largest absolute Gasteiger partial charge is 0.494 e. The van der Waals surface area contributed by atoms with Gasteiger partial charge in [-0.05, 0) is 60.6 Å². The summed E-state index contributed by atoms with van der Waals surface area (Å²) in [5, 5.41) is 11.6. The molecule has 1 N–H and O–H groups in total. The van der Waals surface area contributed by atoms with Crippen LogP contribution in [0.15, 0.2) is 41.5 Å². The van der Waals surface area contributed by atoms with Crippen molar-refractivity contribution in [3.05, 3.63) is 46.7 Å². The topological polar surface area (TPSA) is 82.9 Å². The van der Waals surface area contributed by atoms with Crippen molar-refractivity contribution in [3.63, 3.8) is 0 Å². The molecule has 0 radical (unpaired) electrons. The molecule has 0 atom stereocenters. The van der Waals surface area contributed by atoms with Crippen molar-refractivity contribution in [1.82, 2.24) is 14.9 Å². The third-order valence-electron chi connectivity index (χ3n) is 4.79. The lowest BCUT2D eigenvalue weighted by atomic mass is 10.1. The van der Waals surface area contributed by atoms with E-state index >= 15 is 0 Å². The molecule has 0 amide bonds. The third kappa shape index (κ3) is 5.47. The maximum Gasteiger partial charge on any atom is 0.216 e. The lowest BCUT2D eigenvalue weighted by Crippen LogP contribution is -1.99. The van der Waals surface area contributed by atoms with Crippen LogP contribution in [-0.4, -0.2) is 49.0 Å². The van der Waals surface area contributed by atoms with Gasteiger partial charge in [-0.3, -0.25) is 0 Å². The van der Waals surface area contributed by atoms with Crippen molar-refractivity contribution >= 4 is 18.4 Å². The van der Waals surface area contributed by atoms with Gasteiger partial charge in [-0.2, -0.15) is 14.9 Å². The van der Waals surface area contributed by atoms with Gasteiger partial charge in [0.1, 0.15) is 5.75 Å². The standard InChI is InChI=1S/C23H28N4O4S/c1-5-6-7-12-31-18-10-8-16(9-11-18)15-24-27-22(25-26-23(27)32)17-13-19(28-2)21(30-4)20(14-17)29-3/h8-11,13-15H,5-7,12H2,1-4H3,(H,26,32)/b24-15+. The molecule has 0 spiro atoms. The van der Waals surface area contributed by atoms with Crippen molar-refractivity contribution in [2.24, 2.45) is 5.10 Å². The average Bonchev–Trinajstić information content (AvgIpc) is 3.20. The molecule has 32 heavy (non-hydrogen) atoms. The molecule has 3 rings (SSSR count). The Morgan fingerprint density at radius 3 is 2.31 bits per heavy atom. The van der Waals surface area contributed by atoms with E-state index in [0.717, 1.165) is 24.3 Å². The van der Waals surface area contributed by atoms with Gasteiger partial charge in [-0.15, -0.1) is 0 Å². The highest BCUT2D eigenvalue weighted by Crippen LogP contribution is 2.40. The molecule has 0 saturated carbocycles. The van der Waals surface area contributed by atoms with Crippen molar-refractivity contribution in [2.75, 3.05) is 27.9 Å². The maximum atomic E-state index is 5.76. The van der Waals surface area contributed by atoms with E-state index in [2.05, 4.69) is 22.2 Å². The van der Waals surface area contributed by atoms with Crippen LogP contribution in [0.4, 0.5) is 0 Å². The number of aromatic amines is 1. The molecular formula is C23H28N4O4S. The van der Waals surface area contributed by atoms with E-state index in [-0.39, 0.29) is 0 Å². The van der Waals surface area contributed by atoms with Crippen LogP contribution in [0.5, 0.6) is 23.0 Å². The number of rotatable bonds is 11. The van der Waals surface area contributed by atoms with Gasteiger partial charge in [0.25, 0.3) is 0 Å². The molecule has 8 nitrogen and oxygen atoms in total. The van der Waals surface area contributed by atoms with Gasteiger partial charge in [0.05, 0.1) is 34.2 Å². The Morgan fingerprint density at radius 1 is 1.03 bits per heavy atom. The van der Waals surface area contributed by atoms with Crippen LogP contribution >= 0.6 is 12.2 Å². The highest BCUT2D eigenvalue weighted by atomic mass is 32.1. The Bertz CT molecular complexity index is 1080. The van der Waals surface area contributed by atoms with Gasteiger partial charge in [0.15, 0.2) is 17.3 Å². The Balaban J connectivity index is 1.84. The first-order valence-electron chi connectivity index (χ1n) is 10.4. The summed E-state index contributed by atoms with van der Waals surface area (Å²) in [6.45, 7) is 2.90. The quantitative estimate of drug-likeness (QED) is 0.246. The summed E-state index contributed by atoms with van der Waals surface area (Å²) in [6, 6.07) is 11.3. The normalized spacial score (nSPS) is 11.0. The van der Waals surface area contributed by atoms with E-state index in [9.17, 15) is 0 Å². The molecule has 9 heteroatoms. The minimum Gasteiger partial charge on any atom is -0.494 e. The SMILES string of the molecule is CCCCCOc1ccc(/C=N/n2c(-c3cc(OC)c(OC)c(OC)c3)n[nH]c2=S)cc1. The highest BCUT2D eigenvalue weighted by molar-refractivity contribution is 7.71. The minimum atomic E-state index is 0.362. The fraction of sp³-hybridized carbons (Fsp3) is 0.348. The molecule has 3 aromatic rings. The fourth-order valence-corrected chi connectivity index (χ4v) is 3.29. The van der Waals surface area contributed by atoms with Crippen LogP contribution in [0, 0.1) is 4.77 Å². The van der Waals surface area contributed by atoms with Gasteiger partial charge in [0, 0.05) is 5.56 Å². The van der Waals surface area contributed by atoms with Gasteiger partial charge >= 0.3 is 0 Å². The number of H-pyrrole nitrogens is 1. The Morgan fingerprint density at radius 2 is 1.72 bits per heavy atom. The van der Waals surface area contributed by atoms with Crippen LogP contribution < -0.4 is 18.9 Å². The number of ether oxygens (including phenoxy) is 4. The third-order valence-corrected chi connectivity index (χ3v) is 5.06. The molecule has 0 unspecified atom stereocenters. The van der Waals surface area contributed by atoms with Crippen molar-refractivity contribution in [1.29, 1.82) is 0 Å². The second-order valence-corrected chi connectivity index (χ2v) is 7.33. The van der Waals surface area contributed by atoms with Crippen LogP contribution in [-0.2, 0) is 0 Å². The first kappa shape index (κ1) is 23.3. The van der Waals surface area contributed by atoms with Crippen molar-refractivity contribution in [2.45, 2.75) is 26.2 Å². The number of hydrogen-bond acceptors (Lipinski definition) is 7. The van der Waals surface area contributed by atoms with Crippen molar-refractivity contribution < 1.29 is 18.9 Å². The maximum absolute atomic E-state index is 5.76. The second-order valence-electron chi connectivity index (χ2n) is 6.95. The number of nitrogens with zero attached hydrogens (tertiary/aromatic N) is 3. The minimum absolute atomic E-state index is 0.362. The zero-order valence-electron chi connectivity index (χ0n) is 18.8. The Labute approximate surface area is 192 Å². The predicted molar refractivity (Wildman–Crippen MR) is 127 cm³/mol. The smallest absolute Gasteiger partial charge is 0.216 e. The molecule has 1 aromatic heterocycles. The summed E-state index contributed by atoms with van der Waals surface area (Å²) in [6.07, 6.45) is 5.12. The van der Waals surface area contributed by atoms with Gasteiger partial charge in [0.2, 0.25) is 10.5 Å². The summed E-state index contributed by atoms with van der Waals surface area (Å²) >= 11 is 5.37. The fourth-order valence-electron chi connectivity index (χ4n) is 3.11. The van der Waals surface area contributed by atoms with Crippen LogP contribution in [0.1, 0.15) is 31.7 Å². The number of nitrogens with one attached hydrogen (secondary N) is 1. The summed E-state index contributed by atoms with van der Waals surface area (Å²) in [5.41, 5.74) is 1.62. The summed E-state index contributed by atoms with van der Waals surface area (Å²) < 4.78 is 23.9. The molecule has 1 heterocycles. The van der Waals surface area contributed by atoms with Gasteiger partial charge < -0.3 is 18.9 Å².